The van der Waals surface area contributed by atoms with E-state index in [0.29, 0.717) is 17.7 Å². The predicted octanol–water partition coefficient (Wildman–Crippen LogP) is 0.546. The summed E-state index contributed by atoms with van der Waals surface area (Å²) in [6.45, 7) is 0.128. The van der Waals surface area contributed by atoms with Gasteiger partial charge in [-0.3, -0.25) is 19.7 Å². The average molecular weight is 306 g/mol. The van der Waals surface area contributed by atoms with Gasteiger partial charge in [-0.1, -0.05) is 0 Å². The van der Waals surface area contributed by atoms with Gasteiger partial charge in [0.15, 0.2) is 6.79 Å². The average Bonchev–Trinajstić information content (AvgIpc) is 2.52. The minimum Gasteiger partial charge on any atom is -0.468 e. The zero-order valence-electron chi connectivity index (χ0n) is 12.5. The Kier molecular flexibility index (Phi) is 5.11. The van der Waals surface area contributed by atoms with E-state index in [9.17, 15) is 14.4 Å². The molecule has 1 aliphatic rings. The van der Waals surface area contributed by atoms with E-state index in [0.717, 1.165) is 0 Å². The number of piperidine rings is 1. The van der Waals surface area contributed by atoms with Gasteiger partial charge in [0, 0.05) is 26.1 Å². The summed E-state index contributed by atoms with van der Waals surface area (Å²) in [6, 6.07) is 5.93. The van der Waals surface area contributed by atoms with Gasteiger partial charge in [0.05, 0.1) is 0 Å². The van der Waals surface area contributed by atoms with Gasteiger partial charge in [-0.05, 0) is 30.7 Å². The van der Waals surface area contributed by atoms with Gasteiger partial charge in [-0.2, -0.15) is 0 Å². The summed E-state index contributed by atoms with van der Waals surface area (Å²) in [7, 11) is 3.07. The number of nitrogens with zero attached hydrogens (tertiary/aromatic N) is 1. The van der Waals surface area contributed by atoms with E-state index >= 15 is 0 Å². The molecule has 0 spiro atoms. The Labute approximate surface area is 128 Å². The minimum absolute atomic E-state index is 0.128. The molecule has 7 nitrogen and oxygen atoms in total. The van der Waals surface area contributed by atoms with Gasteiger partial charge in [0.25, 0.3) is 5.91 Å². The lowest BCUT2D eigenvalue weighted by atomic mass is 10.0. The summed E-state index contributed by atoms with van der Waals surface area (Å²) in [4.78, 5) is 36.7. The number of rotatable bonds is 5. The van der Waals surface area contributed by atoms with E-state index in [-0.39, 0.29) is 25.0 Å². The monoisotopic (exact) mass is 306 g/mol. The zero-order valence-corrected chi connectivity index (χ0v) is 12.5. The quantitative estimate of drug-likeness (QED) is 0.634. The molecule has 22 heavy (non-hydrogen) atoms. The Balaban J connectivity index is 2.03. The van der Waals surface area contributed by atoms with Crippen LogP contribution < -0.4 is 10.1 Å². The SMILES string of the molecule is COCOc1ccc(C(=O)N(C)C2CCC(=O)NC2=O)cc1. The first-order chi connectivity index (χ1) is 10.5. The molecule has 0 aliphatic carbocycles. The van der Waals surface area contributed by atoms with Crippen LogP contribution in [0.4, 0.5) is 0 Å². The van der Waals surface area contributed by atoms with Crippen molar-refractivity contribution in [2.24, 2.45) is 0 Å². The largest absolute Gasteiger partial charge is 0.468 e. The van der Waals surface area contributed by atoms with Gasteiger partial charge in [-0.25, -0.2) is 0 Å². The van der Waals surface area contributed by atoms with Gasteiger partial charge in [-0.15, -0.1) is 0 Å². The van der Waals surface area contributed by atoms with Gasteiger partial charge in [0.2, 0.25) is 11.8 Å². The van der Waals surface area contributed by atoms with E-state index in [4.69, 9.17) is 9.47 Å². The van der Waals surface area contributed by atoms with Crippen molar-refractivity contribution in [1.29, 1.82) is 0 Å². The van der Waals surface area contributed by atoms with Crippen LogP contribution in [0.2, 0.25) is 0 Å². The van der Waals surface area contributed by atoms with E-state index in [1.54, 1.807) is 31.3 Å². The van der Waals surface area contributed by atoms with Crippen LogP contribution in [-0.2, 0) is 14.3 Å². The number of carbonyl (C=O) groups is 3. The summed E-state index contributed by atoms with van der Waals surface area (Å²) < 4.78 is 10.0. The normalized spacial score (nSPS) is 17.8. The highest BCUT2D eigenvalue weighted by Crippen LogP contribution is 2.17. The lowest BCUT2D eigenvalue weighted by Gasteiger charge is -2.29. The van der Waals surface area contributed by atoms with Crippen LogP contribution in [0.1, 0.15) is 23.2 Å². The number of benzene rings is 1. The number of hydrogen-bond acceptors (Lipinski definition) is 5. The van der Waals surface area contributed by atoms with Crippen LogP contribution in [-0.4, -0.2) is 49.6 Å². The maximum absolute atomic E-state index is 12.4. The lowest BCUT2D eigenvalue weighted by Crippen LogP contribution is -2.52. The topological polar surface area (TPSA) is 84.9 Å². The third-order valence-electron chi connectivity index (χ3n) is 3.44. The molecule has 1 heterocycles. The summed E-state index contributed by atoms with van der Waals surface area (Å²) in [5.41, 5.74) is 0.442. The summed E-state index contributed by atoms with van der Waals surface area (Å²) >= 11 is 0. The number of nitrogens with one attached hydrogen (secondary N) is 1. The highest BCUT2D eigenvalue weighted by Gasteiger charge is 2.32. The highest BCUT2D eigenvalue weighted by atomic mass is 16.7. The molecule has 1 N–H and O–H groups in total. The predicted molar refractivity (Wildman–Crippen MR) is 77.2 cm³/mol. The molecule has 1 aromatic rings. The summed E-state index contributed by atoms with van der Waals surface area (Å²) in [6.07, 6.45) is 0.569. The first kappa shape index (κ1) is 16.0. The van der Waals surface area contributed by atoms with Crippen molar-refractivity contribution >= 4 is 17.7 Å². The van der Waals surface area contributed by atoms with Crippen LogP contribution in [0, 0.1) is 0 Å². The molecule has 3 amide bonds. The van der Waals surface area contributed by atoms with Crippen molar-refractivity contribution < 1.29 is 23.9 Å². The van der Waals surface area contributed by atoms with Crippen molar-refractivity contribution in [3.05, 3.63) is 29.8 Å². The minimum atomic E-state index is -0.630. The second kappa shape index (κ2) is 7.04. The van der Waals surface area contributed by atoms with Crippen molar-refractivity contribution in [1.82, 2.24) is 10.2 Å². The Bertz CT molecular complexity index is 570. The van der Waals surface area contributed by atoms with E-state index in [2.05, 4.69) is 5.32 Å². The smallest absolute Gasteiger partial charge is 0.254 e. The second-order valence-corrected chi connectivity index (χ2v) is 4.96. The van der Waals surface area contributed by atoms with E-state index < -0.39 is 11.9 Å². The number of hydrogen-bond donors (Lipinski definition) is 1. The van der Waals surface area contributed by atoms with E-state index in [1.165, 1.54) is 12.0 Å². The molecule has 1 fully saturated rings. The van der Waals surface area contributed by atoms with Crippen LogP contribution in [0.5, 0.6) is 5.75 Å². The van der Waals surface area contributed by atoms with E-state index in [1.807, 2.05) is 0 Å². The number of ether oxygens (including phenoxy) is 2. The molecule has 1 atom stereocenters. The number of carbonyl (C=O) groups excluding carboxylic acids is 3. The van der Waals surface area contributed by atoms with Gasteiger partial charge < -0.3 is 14.4 Å². The molecule has 1 aromatic carbocycles. The van der Waals surface area contributed by atoms with Crippen LogP contribution in [0.25, 0.3) is 0 Å². The Hall–Kier alpha value is -2.41. The van der Waals surface area contributed by atoms with Gasteiger partial charge in [0.1, 0.15) is 11.8 Å². The molecule has 0 bridgehead atoms. The number of imide groups is 1. The fraction of sp³-hybridized carbons (Fsp3) is 0.400. The molecule has 0 radical (unpaired) electrons. The Morgan fingerprint density at radius 1 is 1.32 bits per heavy atom. The maximum atomic E-state index is 12.4. The molecule has 2 rings (SSSR count). The van der Waals surface area contributed by atoms with Crippen LogP contribution in [0.15, 0.2) is 24.3 Å². The molecular formula is C15H18N2O5. The van der Waals surface area contributed by atoms with Crippen molar-refractivity contribution in [3.8, 4) is 5.75 Å². The molecule has 1 unspecified atom stereocenters. The molecule has 1 aliphatic heterocycles. The van der Waals surface area contributed by atoms with Crippen LogP contribution >= 0.6 is 0 Å². The van der Waals surface area contributed by atoms with Crippen molar-refractivity contribution in [2.75, 3.05) is 21.0 Å². The number of likely N-dealkylation sites (N-methyl/N-ethyl adjacent to an activating group) is 1. The van der Waals surface area contributed by atoms with Gasteiger partial charge >= 0.3 is 0 Å². The fourth-order valence-corrected chi connectivity index (χ4v) is 2.22. The number of amides is 3. The molecule has 0 aromatic heterocycles. The highest BCUT2D eigenvalue weighted by molar-refractivity contribution is 6.03. The first-order valence-corrected chi connectivity index (χ1v) is 6.85. The molecule has 118 valence electrons. The molecule has 7 heteroatoms. The second-order valence-electron chi connectivity index (χ2n) is 4.96. The fourth-order valence-electron chi connectivity index (χ4n) is 2.22. The molecular weight excluding hydrogens is 288 g/mol. The van der Waals surface area contributed by atoms with Crippen LogP contribution in [0.3, 0.4) is 0 Å². The Morgan fingerprint density at radius 3 is 2.59 bits per heavy atom. The third-order valence-corrected chi connectivity index (χ3v) is 3.44. The summed E-state index contributed by atoms with van der Waals surface area (Å²) in [5, 5.41) is 2.24. The van der Waals surface area contributed by atoms with Crippen molar-refractivity contribution in [2.45, 2.75) is 18.9 Å². The molecule has 1 saturated heterocycles. The molecule has 0 saturated carbocycles. The van der Waals surface area contributed by atoms with Crippen molar-refractivity contribution in [3.63, 3.8) is 0 Å². The number of methoxy groups -OCH3 is 1. The maximum Gasteiger partial charge on any atom is 0.254 e. The standard InChI is InChI=1S/C15H18N2O5/c1-17(12-7-8-13(18)16-14(12)19)15(20)10-3-5-11(6-4-10)22-9-21-2/h3-6,12H,7-9H2,1-2H3,(H,16,18,19). The Morgan fingerprint density at radius 2 is 2.00 bits per heavy atom. The summed E-state index contributed by atoms with van der Waals surface area (Å²) in [5.74, 6) is -0.441. The zero-order chi connectivity index (χ0) is 16.1. The third kappa shape index (κ3) is 3.62. The lowest BCUT2D eigenvalue weighted by molar-refractivity contribution is -0.136. The first-order valence-electron chi connectivity index (χ1n) is 6.85.